The molecule has 134 valence electrons. The number of alkyl halides is 1. The second-order valence-electron chi connectivity index (χ2n) is 6.43. The van der Waals surface area contributed by atoms with Crippen LogP contribution in [0.3, 0.4) is 0 Å². The lowest BCUT2D eigenvalue weighted by atomic mass is 10.2. The van der Waals surface area contributed by atoms with Gasteiger partial charge in [0.2, 0.25) is 0 Å². The summed E-state index contributed by atoms with van der Waals surface area (Å²) >= 11 is 6.32. The van der Waals surface area contributed by atoms with Gasteiger partial charge in [-0.2, -0.15) is 0 Å². The zero-order chi connectivity index (χ0) is 18.3. The maximum atomic E-state index is 13.3. The van der Waals surface area contributed by atoms with E-state index in [4.69, 9.17) is 11.6 Å². The molecule has 1 fully saturated rings. The normalized spacial score (nSPS) is 17.0. The van der Waals surface area contributed by atoms with Crippen molar-refractivity contribution in [2.75, 3.05) is 18.4 Å². The van der Waals surface area contributed by atoms with E-state index in [1.54, 1.807) is 24.4 Å². The van der Waals surface area contributed by atoms with Gasteiger partial charge in [-0.15, -0.1) is 0 Å². The highest BCUT2D eigenvalue weighted by Crippen LogP contribution is 2.30. The molecular formula is C18H17ClFN5O. The van der Waals surface area contributed by atoms with Crippen molar-refractivity contribution in [3.05, 3.63) is 41.0 Å². The predicted octanol–water partition coefficient (Wildman–Crippen LogP) is 4.16. The Bertz CT molecular complexity index is 989. The van der Waals surface area contributed by atoms with Crippen LogP contribution in [0.2, 0.25) is 5.02 Å². The number of hydrogen-bond acceptors (Lipinski definition) is 3. The molecule has 1 aromatic carbocycles. The number of rotatable bonds is 2. The number of anilines is 1. The zero-order valence-corrected chi connectivity index (χ0v) is 14.8. The van der Waals surface area contributed by atoms with Gasteiger partial charge in [0, 0.05) is 24.0 Å². The third kappa shape index (κ3) is 3.22. The van der Waals surface area contributed by atoms with Crippen molar-refractivity contribution in [2.45, 2.75) is 19.5 Å². The van der Waals surface area contributed by atoms with Crippen LogP contribution in [-0.4, -0.2) is 45.1 Å². The topological polar surface area (TPSA) is 73.9 Å². The highest BCUT2D eigenvalue weighted by Gasteiger charge is 2.26. The summed E-state index contributed by atoms with van der Waals surface area (Å²) in [6.07, 6.45) is 1.18. The van der Waals surface area contributed by atoms with E-state index < -0.39 is 6.17 Å². The number of pyridine rings is 1. The SMILES string of the molecule is Cc1cnc2nc(-c3cc(NC(=O)N4CC[C@@H](F)C4)ccc3Cl)[nH]c2c1. The first-order valence-corrected chi connectivity index (χ1v) is 8.69. The van der Waals surface area contributed by atoms with Crippen LogP contribution >= 0.6 is 11.6 Å². The van der Waals surface area contributed by atoms with Crippen LogP contribution in [0.25, 0.3) is 22.6 Å². The monoisotopic (exact) mass is 373 g/mol. The van der Waals surface area contributed by atoms with Crippen molar-refractivity contribution in [3.63, 3.8) is 0 Å². The van der Waals surface area contributed by atoms with Crippen molar-refractivity contribution in [1.82, 2.24) is 19.9 Å². The number of carbonyl (C=O) groups excluding carboxylic acids is 1. The van der Waals surface area contributed by atoms with Crippen LogP contribution in [0.15, 0.2) is 30.5 Å². The van der Waals surface area contributed by atoms with Gasteiger partial charge in [0.25, 0.3) is 0 Å². The summed E-state index contributed by atoms with van der Waals surface area (Å²) < 4.78 is 13.3. The Labute approximate surface area is 154 Å². The molecule has 0 aliphatic carbocycles. The number of imidazole rings is 1. The highest BCUT2D eigenvalue weighted by molar-refractivity contribution is 6.33. The minimum atomic E-state index is -0.951. The number of halogens is 2. The number of amides is 2. The number of likely N-dealkylation sites (tertiary alicyclic amines) is 1. The first-order valence-electron chi connectivity index (χ1n) is 8.32. The van der Waals surface area contributed by atoms with Crippen LogP contribution < -0.4 is 5.32 Å². The Morgan fingerprint density at radius 1 is 1.42 bits per heavy atom. The molecule has 1 saturated heterocycles. The number of carbonyl (C=O) groups is 1. The summed E-state index contributed by atoms with van der Waals surface area (Å²) in [6, 6.07) is 6.78. The Balaban J connectivity index is 1.62. The largest absolute Gasteiger partial charge is 0.337 e. The lowest BCUT2D eigenvalue weighted by Crippen LogP contribution is -2.33. The van der Waals surface area contributed by atoms with E-state index >= 15 is 0 Å². The molecule has 0 spiro atoms. The molecule has 6 nitrogen and oxygen atoms in total. The highest BCUT2D eigenvalue weighted by atomic mass is 35.5. The fraction of sp³-hybridized carbons (Fsp3) is 0.278. The predicted molar refractivity (Wildman–Crippen MR) is 99.2 cm³/mol. The lowest BCUT2D eigenvalue weighted by Gasteiger charge is -2.16. The Morgan fingerprint density at radius 3 is 3.04 bits per heavy atom. The molecule has 0 radical (unpaired) electrons. The van der Waals surface area contributed by atoms with Gasteiger partial charge in [0.15, 0.2) is 5.65 Å². The number of nitrogens with one attached hydrogen (secondary N) is 2. The van der Waals surface area contributed by atoms with E-state index in [1.165, 1.54) is 4.90 Å². The molecule has 0 bridgehead atoms. The number of nitrogens with zero attached hydrogens (tertiary/aromatic N) is 3. The summed E-state index contributed by atoms with van der Waals surface area (Å²) in [7, 11) is 0. The number of hydrogen-bond donors (Lipinski definition) is 2. The van der Waals surface area contributed by atoms with Gasteiger partial charge >= 0.3 is 6.03 Å². The Hall–Kier alpha value is -2.67. The third-order valence-electron chi connectivity index (χ3n) is 4.36. The number of urea groups is 1. The molecular weight excluding hydrogens is 357 g/mol. The lowest BCUT2D eigenvalue weighted by molar-refractivity contribution is 0.218. The van der Waals surface area contributed by atoms with Crippen molar-refractivity contribution < 1.29 is 9.18 Å². The minimum absolute atomic E-state index is 0.126. The molecule has 0 saturated carbocycles. The number of H-pyrrole nitrogens is 1. The van der Waals surface area contributed by atoms with Crippen molar-refractivity contribution in [2.24, 2.45) is 0 Å². The Kier molecular flexibility index (Phi) is 4.24. The standard InChI is InChI=1S/C18H17ClFN5O/c1-10-6-15-17(21-8-10)24-16(23-15)13-7-12(2-3-14(13)19)22-18(26)25-5-4-11(20)9-25/h2-3,6-8,11H,4-5,9H2,1H3,(H,22,26)(H,21,23,24)/t11-/m1/s1. The molecule has 3 aromatic rings. The van der Waals surface area contributed by atoms with Gasteiger partial charge < -0.3 is 15.2 Å². The van der Waals surface area contributed by atoms with Crippen molar-refractivity contribution >= 4 is 34.5 Å². The second kappa shape index (κ2) is 6.57. The van der Waals surface area contributed by atoms with Crippen LogP contribution in [0.5, 0.6) is 0 Å². The molecule has 1 atom stereocenters. The maximum Gasteiger partial charge on any atom is 0.321 e. The smallest absolute Gasteiger partial charge is 0.321 e. The number of aryl methyl sites for hydroxylation is 1. The zero-order valence-electron chi connectivity index (χ0n) is 14.1. The molecule has 2 aromatic heterocycles. The summed E-state index contributed by atoms with van der Waals surface area (Å²) in [5.74, 6) is 0.573. The van der Waals surface area contributed by atoms with Crippen molar-refractivity contribution in [1.29, 1.82) is 0 Å². The van der Waals surface area contributed by atoms with E-state index in [-0.39, 0.29) is 12.6 Å². The van der Waals surface area contributed by atoms with Gasteiger partial charge in [0.1, 0.15) is 12.0 Å². The first kappa shape index (κ1) is 16.8. The van der Waals surface area contributed by atoms with E-state index in [1.807, 2.05) is 13.0 Å². The number of benzene rings is 1. The molecule has 2 amide bonds. The average Bonchev–Trinajstić information content (AvgIpc) is 3.22. The number of aromatic nitrogens is 3. The summed E-state index contributed by atoms with van der Waals surface area (Å²) in [6.45, 7) is 2.50. The summed E-state index contributed by atoms with van der Waals surface area (Å²) in [4.78, 5) is 25.7. The summed E-state index contributed by atoms with van der Waals surface area (Å²) in [5.41, 5.74) is 3.67. The quantitative estimate of drug-likeness (QED) is 0.708. The van der Waals surface area contributed by atoms with Crippen molar-refractivity contribution in [3.8, 4) is 11.4 Å². The van der Waals surface area contributed by atoms with Gasteiger partial charge in [-0.1, -0.05) is 11.6 Å². The molecule has 1 aliphatic rings. The van der Waals surface area contributed by atoms with Crippen LogP contribution in [0.4, 0.5) is 14.9 Å². The Morgan fingerprint density at radius 2 is 2.27 bits per heavy atom. The molecule has 0 unspecified atom stereocenters. The van der Waals surface area contributed by atoms with Crippen LogP contribution in [0, 0.1) is 6.92 Å². The molecule has 26 heavy (non-hydrogen) atoms. The first-order chi connectivity index (χ1) is 12.5. The summed E-state index contributed by atoms with van der Waals surface area (Å²) in [5, 5.41) is 3.29. The van der Waals surface area contributed by atoms with Gasteiger partial charge in [0.05, 0.1) is 17.1 Å². The fourth-order valence-electron chi connectivity index (χ4n) is 3.02. The van der Waals surface area contributed by atoms with Gasteiger partial charge in [-0.3, -0.25) is 0 Å². The van der Waals surface area contributed by atoms with Gasteiger partial charge in [-0.25, -0.2) is 19.2 Å². The molecule has 1 aliphatic heterocycles. The molecule has 3 heterocycles. The van der Waals surface area contributed by atoms with Crippen LogP contribution in [0.1, 0.15) is 12.0 Å². The van der Waals surface area contributed by atoms with E-state index in [2.05, 4.69) is 20.3 Å². The number of fused-ring (bicyclic) bond motifs is 1. The van der Waals surface area contributed by atoms with E-state index in [0.29, 0.717) is 40.7 Å². The minimum Gasteiger partial charge on any atom is -0.337 e. The van der Waals surface area contributed by atoms with Gasteiger partial charge in [-0.05, 0) is 43.2 Å². The maximum absolute atomic E-state index is 13.3. The number of aromatic amines is 1. The molecule has 4 rings (SSSR count). The van der Waals surface area contributed by atoms with E-state index in [9.17, 15) is 9.18 Å². The van der Waals surface area contributed by atoms with E-state index in [0.717, 1.165) is 11.1 Å². The average molecular weight is 374 g/mol. The molecule has 8 heteroatoms. The third-order valence-corrected chi connectivity index (χ3v) is 4.69. The molecule has 2 N–H and O–H groups in total. The second-order valence-corrected chi connectivity index (χ2v) is 6.83. The van der Waals surface area contributed by atoms with Crippen LogP contribution in [-0.2, 0) is 0 Å². The fourth-order valence-corrected chi connectivity index (χ4v) is 3.23.